The number of carbonyl (C=O) groups is 2. The van der Waals surface area contributed by atoms with Gasteiger partial charge in [-0.05, 0) is 0 Å². The number of nitrogens with zero attached hydrogens (tertiary/aromatic N) is 1. The quantitative estimate of drug-likeness (QED) is 0.547. The maximum absolute atomic E-state index is 11.3. The monoisotopic (exact) mass is 200 g/mol. The standard InChI is InChI=1S/C8H12N2O4/c1-13-7(11)6-5-4-14-8(12)10(5)3-2-9-6/h5-6,9H,2-4H2,1H3/t5-,6-/m0/s1. The van der Waals surface area contributed by atoms with E-state index in [9.17, 15) is 9.59 Å². The Morgan fingerprint density at radius 2 is 2.50 bits per heavy atom. The van der Waals surface area contributed by atoms with E-state index in [4.69, 9.17) is 4.74 Å². The van der Waals surface area contributed by atoms with E-state index < -0.39 is 6.04 Å². The number of piperazine rings is 1. The Morgan fingerprint density at radius 3 is 3.21 bits per heavy atom. The molecule has 0 bridgehead atoms. The average molecular weight is 200 g/mol. The van der Waals surface area contributed by atoms with Gasteiger partial charge in [0.2, 0.25) is 0 Å². The summed E-state index contributed by atoms with van der Waals surface area (Å²) in [6.45, 7) is 1.42. The predicted octanol–water partition coefficient (Wildman–Crippen LogP) is -1.05. The SMILES string of the molecule is COC(=O)[C@H]1NCCN2C(=O)OC[C@@H]12. The van der Waals surface area contributed by atoms with Gasteiger partial charge in [-0.2, -0.15) is 0 Å². The summed E-state index contributed by atoms with van der Waals surface area (Å²) < 4.78 is 9.50. The van der Waals surface area contributed by atoms with E-state index in [-0.39, 0.29) is 24.7 Å². The number of amides is 1. The molecule has 2 saturated heterocycles. The first kappa shape index (κ1) is 9.26. The number of methoxy groups -OCH3 is 1. The van der Waals surface area contributed by atoms with Gasteiger partial charge >= 0.3 is 12.1 Å². The molecule has 6 nitrogen and oxygen atoms in total. The van der Waals surface area contributed by atoms with Crippen LogP contribution in [0.1, 0.15) is 0 Å². The summed E-state index contributed by atoms with van der Waals surface area (Å²) in [4.78, 5) is 24.1. The van der Waals surface area contributed by atoms with Crippen LogP contribution in [0.5, 0.6) is 0 Å². The van der Waals surface area contributed by atoms with Gasteiger partial charge in [0.25, 0.3) is 0 Å². The van der Waals surface area contributed by atoms with Crippen LogP contribution in [0.4, 0.5) is 4.79 Å². The molecule has 2 fully saturated rings. The molecular formula is C8H12N2O4. The Kier molecular flexibility index (Phi) is 2.28. The van der Waals surface area contributed by atoms with Crippen LogP contribution in [0.25, 0.3) is 0 Å². The highest BCUT2D eigenvalue weighted by molar-refractivity contribution is 5.79. The summed E-state index contributed by atoms with van der Waals surface area (Å²) in [6.07, 6.45) is -0.342. The van der Waals surface area contributed by atoms with Crippen molar-refractivity contribution >= 4 is 12.1 Å². The van der Waals surface area contributed by atoms with Gasteiger partial charge < -0.3 is 14.8 Å². The molecule has 2 aliphatic rings. The number of esters is 1. The Bertz CT molecular complexity index is 268. The van der Waals surface area contributed by atoms with Gasteiger partial charge in [0.15, 0.2) is 0 Å². The maximum atomic E-state index is 11.3. The summed E-state index contributed by atoms with van der Waals surface area (Å²) in [6, 6.07) is -0.677. The smallest absolute Gasteiger partial charge is 0.410 e. The summed E-state index contributed by atoms with van der Waals surface area (Å²) in [5, 5.41) is 3.01. The molecule has 2 heterocycles. The lowest BCUT2D eigenvalue weighted by molar-refractivity contribution is -0.145. The number of hydrogen-bond acceptors (Lipinski definition) is 5. The molecule has 0 unspecified atom stereocenters. The number of carbonyl (C=O) groups excluding carboxylic acids is 2. The Morgan fingerprint density at radius 1 is 1.71 bits per heavy atom. The highest BCUT2D eigenvalue weighted by atomic mass is 16.6. The van der Waals surface area contributed by atoms with Gasteiger partial charge in [-0.3, -0.25) is 9.69 Å². The Balaban J connectivity index is 2.12. The van der Waals surface area contributed by atoms with Gasteiger partial charge in [-0.15, -0.1) is 0 Å². The van der Waals surface area contributed by atoms with Crippen molar-refractivity contribution in [1.82, 2.24) is 10.2 Å². The number of ether oxygens (including phenoxy) is 2. The van der Waals surface area contributed by atoms with E-state index in [1.165, 1.54) is 7.11 Å². The second-order valence-corrected chi connectivity index (χ2v) is 3.29. The molecule has 0 aromatic rings. The molecule has 0 spiro atoms. The van der Waals surface area contributed by atoms with Crippen molar-refractivity contribution in [2.75, 3.05) is 26.8 Å². The van der Waals surface area contributed by atoms with E-state index in [1.54, 1.807) is 4.90 Å². The van der Waals surface area contributed by atoms with E-state index >= 15 is 0 Å². The zero-order chi connectivity index (χ0) is 10.1. The van der Waals surface area contributed by atoms with Crippen LogP contribution in [0, 0.1) is 0 Å². The summed E-state index contributed by atoms with van der Waals surface area (Å²) in [7, 11) is 1.33. The molecule has 0 saturated carbocycles. The van der Waals surface area contributed by atoms with E-state index in [0.29, 0.717) is 13.1 Å². The number of fused-ring (bicyclic) bond motifs is 1. The highest BCUT2D eigenvalue weighted by Gasteiger charge is 2.44. The van der Waals surface area contributed by atoms with Gasteiger partial charge in [-0.25, -0.2) is 4.79 Å². The Hall–Kier alpha value is -1.30. The fourth-order valence-corrected chi connectivity index (χ4v) is 1.84. The minimum Gasteiger partial charge on any atom is -0.468 e. The molecule has 0 aliphatic carbocycles. The van der Waals surface area contributed by atoms with Crippen LogP contribution < -0.4 is 5.32 Å². The average Bonchev–Trinajstić information content (AvgIpc) is 2.59. The number of nitrogens with one attached hydrogen (secondary N) is 1. The van der Waals surface area contributed by atoms with E-state index in [2.05, 4.69) is 10.1 Å². The van der Waals surface area contributed by atoms with Crippen LogP contribution in [-0.2, 0) is 14.3 Å². The van der Waals surface area contributed by atoms with E-state index in [0.717, 1.165) is 0 Å². The second kappa shape index (κ2) is 3.45. The van der Waals surface area contributed by atoms with Crippen LogP contribution in [-0.4, -0.2) is 55.9 Å². The molecule has 2 aliphatic heterocycles. The maximum Gasteiger partial charge on any atom is 0.410 e. The van der Waals surface area contributed by atoms with Crippen LogP contribution >= 0.6 is 0 Å². The molecule has 78 valence electrons. The van der Waals surface area contributed by atoms with Crippen LogP contribution in [0.2, 0.25) is 0 Å². The second-order valence-electron chi connectivity index (χ2n) is 3.29. The highest BCUT2D eigenvalue weighted by Crippen LogP contribution is 2.18. The lowest BCUT2D eigenvalue weighted by atomic mass is 10.1. The predicted molar refractivity (Wildman–Crippen MR) is 45.6 cm³/mol. The van der Waals surface area contributed by atoms with Crippen molar-refractivity contribution in [2.45, 2.75) is 12.1 Å². The molecular weight excluding hydrogens is 188 g/mol. The van der Waals surface area contributed by atoms with Gasteiger partial charge in [0, 0.05) is 13.1 Å². The minimum absolute atomic E-state index is 0.219. The molecule has 1 amide bonds. The van der Waals surface area contributed by atoms with Gasteiger partial charge in [0.05, 0.1) is 13.2 Å². The first-order chi connectivity index (χ1) is 6.74. The zero-order valence-electron chi connectivity index (χ0n) is 7.86. The molecule has 0 aromatic heterocycles. The number of cyclic esters (lactones) is 1. The summed E-state index contributed by atoms with van der Waals surface area (Å²) >= 11 is 0. The minimum atomic E-state index is -0.458. The van der Waals surface area contributed by atoms with Crippen LogP contribution in [0.15, 0.2) is 0 Å². The van der Waals surface area contributed by atoms with Crippen molar-refractivity contribution in [3.8, 4) is 0 Å². The third-order valence-corrected chi connectivity index (χ3v) is 2.57. The van der Waals surface area contributed by atoms with Crippen molar-refractivity contribution in [2.24, 2.45) is 0 Å². The third kappa shape index (κ3) is 1.31. The first-order valence-corrected chi connectivity index (χ1v) is 4.48. The number of hydrogen-bond donors (Lipinski definition) is 1. The van der Waals surface area contributed by atoms with Crippen molar-refractivity contribution in [3.05, 3.63) is 0 Å². The van der Waals surface area contributed by atoms with Crippen molar-refractivity contribution in [1.29, 1.82) is 0 Å². The molecule has 1 N–H and O–H groups in total. The largest absolute Gasteiger partial charge is 0.468 e. The summed E-state index contributed by atoms with van der Waals surface area (Å²) in [5.74, 6) is -0.349. The molecule has 0 aromatic carbocycles. The Labute approximate surface area is 81.1 Å². The normalized spacial score (nSPS) is 30.9. The molecule has 2 atom stereocenters. The van der Waals surface area contributed by atoms with Gasteiger partial charge in [-0.1, -0.05) is 0 Å². The fourth-order valence-electron chi connectivity index (χ4n) is 1.84. The molecule has 0 radical (unpaired) electrons. The van der Waals surface area contributed by atoms with Crippen molar-refractivity contribution in [3.63, 3.8) is 0 Å². The third-order valence-electron chi connectivity index (χ3n) is 2.57. The lowest BCUT2D eigenvalue weighted by Crippen LogP contribution is -2.60. The topological polar surface area (TPSA) is 67.9 Å². The molecule has 6 heteroatoms. The lowest BCUT2D eigenvalue weighted by Gasteiger charge is -2.33. The fraction of sp³-hybridized carbons (Fsp3) is 0.750. The molecule has 2 rings (SSSR count). The summed E-state index contributed by atoms with van der Waals surface area (Å²) in [5.41, 5.74) is 0. The molecule has 14 heavy (non-hydrogen) atoms. The van der Waals surface area contributed by atoms with Crippen LogP contribution in [0.3, 0.4) is 0 Å². The number of rotatable bonds is 1. The van der Waals surface area contributed by atoms with E-state index in [1.807, 2.05) is 0 Å². The first-order valence-electron chi connectivity index (χ1n) is 4.48. The van der Waals surface area contributed by atoms with Crippen molar-refractivity contribution < 1.29 is 19.1 Å². The zero-order valence-corrected chi connectivity index (χ0v) is 7.86. The van der Waals surface area contributed by atoms with Gasteiger partial charge in [0.1, 0.15) is 12.6 Å².